The van der Waals surface area contributed by atoms with Crippen molar-refractivity contribution in [3.8, 4) is 0 Å². The maximum atomic E-state index is 11.8. The summed E-state index contributed by atoms with van der Waals surface area (Å²) in [4.78, 5) is 11.8. The fourth-order valence-corrected chi connectivity index (χ4v) is 1.85. The van der Waals surface area contributed by atoms with Crippen molar-refractivity contribution in [2.24, 2.45) is 7.05 Å². The van der Waals surface area contributed by atoms with E-state index in [-0.39, 0.29) is 11.8 Å². The minimum Gasteiger partial charge on any atom is -0.309 e. The fraction of sp³-hybridized carbons (Fsp3) is 0.286. The molecule has 0 aliphatic carbocycles. The number of carbonyl (C=O) groups is 1. The van der Waals surface area contributed by atoms with Crippen LogP contribution in [0.1, 0.15) is 24.8 Å². The third-order valence-corrected chi connectivity index (χ3v) is 2.84. The number of aryl methyl sites for hydroxylation is 1. The Morgan fingerprint density at radius 3 is 2.67 bits per heavy atom. The molecule has 1 aromatic heterocycles. The molecule has 0 aliphatic rings. The molecular weight excluding hydrogens is 226 g/mol. The average Bonchev–Trinajstić information content (AvgIpc) is 2.75. The number of amides is 1. The number of rotatable bonds is 4. The fourth-order valence-electron chi connectivity index (χ4n) is 1.85. The summed E-state index contributed by atoms with van der Waals surface area (Å²) in [6.07, 6.45) is 2.26. The van der Waals surface area contributed by atoms with E-state index in [9.17, 15) is 4.79 Å². The molecule has 1 N–H and O–H groups in total. The second kappa shape index (κ2) is 5.49. The summed E-state index contributed by atoms with van der Waals surface area (Å²) in [6, 6.07) is 11.8. The summed E-state index contributed by atoms with van der Waals surface area (Å²) < 4.78 is 1.66. The minimum absolute atomic E-state index is 0.00921. The predicted molar refractivity (Wildman–Crippen MR) is 71.3 cm³/mol. The second-order valence-corrected chi connectivity index (χ2v) is 4.44. The third-order valence-electron chi connectivity index (χ3n) is 2.84. The molecule has 0 radical (unpaired) electrons. The van der Waals surface area contributed by atoms with Crippen molar-refractivity contribution in [1.82, 2.24) is 9.78 Å². The first-order valence-electron chi connectivity index (χ1n) is 5.99. The monoisotopic (exact) mass is 243 g/mol. The van der Waals surface area contributed by atoms with Crippen molar-refractivity contribution in [2.75, 3.05) is 5.32 Å². The number of hydrogen-bond donors (Lipinski definition) is 1. The number of nitrogens with one attached hydrogen (secondary N) is 1. The van der Waals surface area contributed by atoms with Crippen LogP contribution in [0, 0.1) is 0 Å². The highest BCUT2D eigenvalue weighted by atomic mass is 16.1. The number of aromatic nitrogens is 2. The van der Waals surface area contributed by atoms with Gasteiger partial charge in [-0.1, -0.05) is 37.3 Å². The molecule has 1 amide bonds. The molecule has 94 valence electrons. The first-order valence-corrected chi connectivity index (χ1v) is 5.99. The summed E-state index contributed by atoms with van der Waals surface area (Å²) in [7, 11) is 1.82. The van der Waals surface area contributed by atoms with Gasteiger partial charge in [0.05, 0.1) is 0 Å². The molecule has 2 rings (SSSR count). The maximum Gasteiger partial charge on any atom is 0.226 e. The molecule has 4 heteroatoms. The van der Waals surface area contributed by atoms with Crippen LogP contribution in [-0.4, -0.2) is 15.7 Å². The Balaban J connectivity index is 1.92. The highest BCUT2D eigenvalue weighted by Gasteiger charge is 2.11. The van der Waals surface area contributed by atoms with Gasteiger partial charge in [-0.25, -0.2) is 0 Å². The lowest BCUT2D eigenvalue weighted by Crippen LogP contribution is -2.14. The van der Waals surface area contributed by atoms with E-state index in [1.54, 1.807) is 16.9 Å². The summed E-state index contributed by atoms with van der Waals surface area (Å²) >= 11 is 0. The lowest BCUT2D eigenvalue weighted by molar-refractivity contribution is -0.116. The van der Waals surface area contributed by atoms with Gasteiger partial charge < -0.3 is 5.32 Å². The second-order valence-electron chi connectivity index (χ2n) is 4.44. The van der Waals surface area contributed by atoms with Gasteiger partial charge in [-0.2, -0.15) is 5.10 Å². The van der Waals surface area contributed by atoms with Gasteiger partial charge in [-0.15, -0.1) is 0 Å². The zero-order chi connectivity index (χ0) is 13.0. The standard InChI is InChI=1S/C14H17N3O/c1-11(12-6-4-3-5-7-12)10-14(18)15-13-8-9-17(2)16-13/h3-9,11H,10H2,1-2H3,(H,15,16,18)/t11-/m1/s1. The van der Waals surface area contributed by atoms with Crippen LogP contribution in [0.5, 0.6) is 0 Å². The zero-order valence-corrected chi connectivity index (χ0v) is 10.6. The number of hydrogen-bond acceptors (Lipinski definition) is 2. The Kier molecular flexibility index (Phi) is 3.77. The van der Waals surface area contributed by atoms with Gasteiger partial charge in [0.15, 0.2) is 5.82 Å². The van der Waals surface area contributed by atoms with Gasteiger partial charge in [0.2, 0.25) is 5.91 Å². The maximum absolute atomic E-state index is 11.8. The number of benzene rings is 1. The first-order chi connectivity index (χ1) is 8.65. The van der Waals surface area contributed by atoms with Crippen molar-refractivity contribution < 1.29 is 4.79 Å². The smallest absolute Gasteiger partial charge is 0.226 e. The van der Waals surface area contributed by atoms with Gasteiger partial charge in [0.1, 0.15) is 0 Å². The molecular formula is C14H17N3O. The van der Waals surface area contributed by atoms with Crippen LogP contribution in [0.2, 0.25) is 0 Å². The molecule has 18 heavy (non-hydrogen) atoms. The highest BCUT2D eigenvalue weighted by Crippen LogP contribution is 2.18. The number of anilines is 1. The number of carbonyl (C=O) groups excluding carboxylic acids is 1. The van der Waals surface area contributed by atoms with Crippen molar-refractivity contribution in [3.05, 3.63) is 48.2 Å². The molecule has 0 unspecified atom stereocenters. The predicted octanol–water partition coefficient (Wildman–Crippen LogP) is 2.55. The van der Waals surface area contributed by atoms with Crippen molar-refractivity contribution in [2.45, 2.75) is 19.3 Å². The van der Waals surface area contributed by atoms with Gasteiger partial charge >= 0.3 is 0 Å². The van der Waals surface area contributed by atoms with E-state index in [1.165, 1.54) is 5.56 Å². The van der Waals surface area contributed by atoms with E-state index in [0.717, 1.165) is 0 Å². The molecule has 1 aromatic carbocycles. The highest BCUT2D eigenvalue weighted by molar-refractivity contribution is 5.90. The Bertz CT molecular complexity index is 519. The summed E-state index contributed by atoms with van der Waals surface area (Å²) in [5.74, 6) is 0.794. The molecule has 4 nitrogen and oxygen atoms in total. The largest absolute Gasteiger partial charge is 0.309 e. The molecule has 1 atom stereocenters. The van der Waals surface area contributed by atoms with Crippen molar-refractivity contribution in [3.63, 3.8) is 0 Å². The Morgan fingerprint density at radius 1 is 1.33 bits per heavy atom. The molecule has 2 aromatic rings. The van der Waals surface area contributed by atoms with Crippen molar-refractivity contribution >= 4 is 11.7 Å². The van der Waals surface area contributed by atoms with Gasteiger partial charge in [0, 0.05) is 25.7 Å². The third kappa shape index (κ3) is 3.20. The average molecular weight is 243 g/mol. The van der Waals surface area contributed by atoms with Crippen LogP contribution in [0.4, 0.5) is 5.82 Å². The van der Waals surface area contributed by atoms with Crippen LogP contribution in [0.15, 0.2) is 42.6 Å². The summed E-state index contributed by atoms with van der Waals surface area (Å²) in [5, 5.41) is 6.91. The van der Waals surface area contributed by atoms with E-state index < -0.39 is 0 Å². The van der Waals surface area contributed by atoms with E-state index in [4.69, 9.17) is 0 Å². The lowest BCUT2D eigenvalue weighted by atomic mass is 9.98. The lowest BCUT2D eigenvalue weighted by Gasteiger charge is -2.10. The van der Waals surface area contributed by atoms with Crippen LogP contribution < -0.4 is 5.32 Å². The molecule has 0 bridgehead atoms. The SMILES string of the molecule is C[C@H](CC(=O)Nc1ccn(C)n1)c1ccccc1. The number of nitrogens with zero attached hydrogens (tertiary/aromatic N) is 2. The Morgan fingerprint density at radius 2 is 2.06 bits per heavy atom. The van der Waals surface area contributed by atoms with E-state index in [1.807, 2.05) is 44.3 Å². The molecule has 0 saturated heterocycles. The van der Waals surface area contributed by atoms with Gasteiger partial charge in [0.25, 0.3) is 0 Å². The quantitative estimate of drug-likeness (QED) is 0.897. The first kappa shape index (κ1) is 12.4. The van der Waals surface area contributed by atoms with Crippen LogP contribution in [-0.2, 0) is 11.8 Å². The van der Waals surface area contributed by atoms with Crippen LogP contribution in [0.3, 0.4) is 0 Å². The topological polar surface area (TPSA) is 46.9 Å². The van der Waals surface area contributed by atoms with E-state index in [0.29, 0.717) is 12.2 Å². The Hall–Kier alpha value is -2.10. The molecule has 0 saturated carbocycles. The van der Waals surface area contributed by atoms with E-state index >= 15 is 0 Å². The molecule has 0 fully saturated rings. The molecule has 0 aliphatic heterocycles. The van der Waals surface area contributed by atoms with E-state index in [2.05, 4.69) is 10.4 Å². The van der Waals surface area contributed by atoms with Crippen LogP contribution in [0.25, 0.3) is 0 Å². The summed E-state index contributed by atoms with van der Waals surface area (Å²) in [5.41, 5.74) is 1.17. The molecule has 0 spiro atoms. The van der Waals surface area contributed by atoms with Crippen molar-refractivity contribution in [1.29, 1.82) is 0 Å². The minimum atomic E-state index is -0.00921. The van der Waals surface area contributed by atoms with Gasteiger partial charge in [-0.05, 0) is 11.5 Å². The van der Waals surface area contributed by atoms with Gasteiger partial charge in [-0.3, -0.25) is 9.48 Å². The zero-order valence-electron chi connectivity index (χ0n) is 10.6. The normalized spacial score (nSPS) is 12.1. The Labute approximate surface area is 107 Å². The molecule has 1 heterocycles. The van der Waals surface area contributed by atoms with Crippen LogP contribution >= 0.6 is 0 Å². The summed E-state index contributed by atoms with van der Waals surface area (Å²) in [6.45, 7) is 2.05.